The van der Waals surface area contributed by atoms with Crippen LogP contribution in [-0.4, -0.2) is 4.92 Å². The molecule has 2 aromatic carbocycles. The number of nitrogens with zero attached hydrogens (tertiary/aromatic N) is 1. The zero-order chi connectivity index (χ0) is 12.4. The van der Waals surface area contributed by atoms with Crippen LogP contribution in [0.4, 0.5) is 5.69 Å². The fourth-order valence-electron chi connectivity index (χ4n) is 1.59. The fourth-order valence-corrected chi connectivity index (χ4v) is 2.45. The Hall–Kier alpha value is -1.39. The highest BCUT2D eigenvalue weighted by Gasteiger charge is 2.14. The van der Waals surface area contributed by atoms with Crippen LogP contribution in [0.3, 0.4) is 0 Å². The molecule has 17 heavy (non-hydrogen) atoms. The second kappa shape index (κ2) is 4.85. The molecule has 0 atom stereocenters. The molecule has 3 nitrogen and oxygen atoms in total. The van der Waals surface area contributed by atoms with Crippen molar-refractivity contribution in [2.24, 2.45) is 0 Å². The summed E-state index contributed by atoms with van der Waals surface area (Å²) >= 11 is 9.25. The van der Waals surface area contributed by atoms with Crippen molar-refractivity contribution in [3.05, 3.63) is 62.1 Å². The zero-order valence-electron chi connectivity index (χ0n) is 8.56. The number of halogens is 2. The van der Waals surface area contributed by atoms with Crippen molar-refractivity contribution in [2.45, 2.75) is 0 Å². The minimum Gasteiger partial charge on any atom is -0.258 e. The molecule has 0 radical (unpaired) electrons. The maximum absolute atomic E-state index is 10.9. The summed E-state index contributed by atoms with van der Waals surface area (Å²) in [6, 6.07) is 11.8. The summed E-state index contributed by atoms with van der Waals surface area (Å²) in [5, 5.41) is 11.5. The van der Waals surface area contributed by atoms with Crippen molar-refractivity contribution in [1.29, 1.82) is 0 Å². The average molecular weight is 313 g/mol. The van der Waals surface area contributed by atoms with Crippen LogP contribution in [0.15, 0.2) is 46.9 Å². The van der Waals surface area contributed by atoms with Gasteiger partial charge < -0.3 is 0 Å². The molecule has 5 heteroatoms. The highest BCUT2D eigenvalue weighted by molar-refractivity contribution is 9.10. The average Bonchev–Trinajstić information content (AvgIpc) is 2.27. The monoisotopic (exact) mass is 311 g/mol. The molecule has 0 N–H and O–H groups in total. The third-order valence-electron chi connectivity index (χ3n) is 2.27. The van der Waals surface area contributed by atoms with Crippen LogP contribution in [0.1, 0.15) is 0 Å². The first-order chi connectivity index (χ1) is 8.08. The van der Waals surface area contributed by atoms with E-state index in [9.17, 15) is 10.1 Å². The van der Waals surface area contributed by atoms with E-state index in [0.29, 0.717) is 10.6 Å². The Bertz CT molecular complexity index is 566. The molecule has 0 amide bonds. The summed E-state index contributed by atoms with van der Waals surface area (Å²) in [4.78, 5) is 10.5. The fraction of sp³-hybridized carbons (Fsp3) is 0. The number of hydrogen-bond donors (Lipinski definition) is 0. The SMILES string of the molecule is O=[N+]([O-])c1ccccc1-c1cc(Cl)cc(Br)c1. The Morgan fingerprint density at radius 1 is 1.18 bits per heavy atom. The van der Waals surface area contributed by atoms with Crippen molar-refractivity contribution < 1.29 is 4.92 Å². The Balaban J connectivity index is 2.64. The number of para-hydroxylation sites is 1. The smallest absolute Gasteiger partial charge is 0.258 e. The van der Waals surface area contributed by atoms with Crippen molar-refractivity contribution in [3.63, 3.8) is 0 Å². The third kappa shape index (κ3) is 2.65. The Morgan fingerprint density at radius 2 is 1.88 bits per heavy atom. The van der Waals surface area contributed by atoms with Gasteiger partial charge in [-0.25, -0.2) is 0 Å². The quantitative estimate of drug-likeness (QED) is 0.597. The van der Waals surface area contributed by atoms with Gasteiger partial charge >= 0.3 is 0 Å². The minimum atomic E-state index is -0.399. The summed E-state index contributed by atoms with van der Waals surface area (Å²) < 4.78 is 0.790. The minimum absolute atomic E-state index is 0.0710. The van der Waals surface area contributed by atoms with E-state index in [4.69, 9.17) is 11.6 Å². The summed E-state index contributed by atoms with van der Waals surface area (Å²) in [5.41, 5.74) is 1.35. The van der Waals surface area contributed by atoms with Gasteiger partial charge in [-0.3, -0.25) is 10.1 Å². The first kappa shape index (κ1) is 12.1. The summed E-state index contributed by atoms with van der Waals surface area (Å²) in [5.74, 6) is 0. The van der Waals surface area contributed by atoms with Crippen LogP contribution in [0.2, 0.25) is 5.02 Å². The maximum atomic E-state index is 10.9. The predicted octanol–water partition coefficient (Wildman–Crippen LogP) is 4.68. The molecule has 0 bridgehead atoms. The molecule has 0 aliphatic heterocycles. The molecule has 0 aliphatic rings. The van der Waals surface area contributed by atoms with E-state index in [-0.39, 0.29) is 5.69 Å². The molecular formula is C12H7BrClNO2. The van der Waals surface area contributed by atoms with Gasteiger partial charge in [0.15, 0.2) is 0 Å². The summed E-state index contributed by atoms with van der Waals surface area (Å²) in [6.45, 7) is 0. The molecule has 0 saturated heterocycles. The van der Waals surface area contributed by atoms with Gasteiger partial charge in [0.25, 0.3) is 5.69 Å². The summed E-state index contributed by atoms with van der Waals surface area (Å²) in [7, 11) is 0. The number of benzene rings is 2. The first-order valence-corrected chi connectivity index (χ1v) is 5.95. The molecule has 0 unspecified atom stereocenters. The van der Waals surface area contributed by atoms with E-state index in [1.54, 1.807) is 36.4 Å². The summed E-state index contributed by atoms with van der Waals surface area (Å²) in [6.07, 6.45) is 0. The van der Waals surface area contributed by atoms with E-state index in [0.717, 1.165) is 10.0 Å². The lowest BCUT2D eigenvalue weighted by Crippen LogP contribution is -1.91. The number of nitro groups is 1. The van der Waals surface area contributed by atoms with Gasteiger partial charge in [0.05, 0.1) is 10.5 Å². The van der Waals surface area contributed by atoms with Gasteiger partial charge in [0.2, 0.25) is 0 Å². The molecule has 2 aromatic rings. The van der Waals surface area contributed by atoms with E-state index < -0.39 is 4.92 Å². The molecule has 86 valence electrons. The largest absolute Gasteiger partial charge is 0.277 e. The van der Waals surface area contributed by atoms with Crippen molar-refractivity contribution >= 4 is 33.2 Å². The van der Waals surface area contributed by atoms with Crippen LogP contribution < -0.4 is 0 Å². The molecule has 0 aliphatic carbocycles. The Labute approximate surface area is 111 Å². The topological polar surface area (TPSA) is 43.1 Å². The lowest BCUT2D eigenvalue weighted by Gasteiger charge is -2.04. The van der Waals surface area contributed by atoms with Gasteiger partial charge in [-0.2, -0.15) is 0 Å². The second-order valence-corrected chi connectivity index (χ2v) is 4.78. The van der Waals surface area contributed by atoms with Gasteiger partial charge in [-0.05, 0) is 29.8 Å². The number of hydrogen-bond acceptors (Lipinski definition) is 2. The highest BCUT2D eigenvalue weighted by Crippen LogP contribution is 2.33. The highest BCUT2D eigenvalue weighted by atomic mass is 79.9. The maximum Gasteiger partial charge on any atom is 0.277 e. The van der Waals surface area contributed by atoms with Crippen LogP contribution in [0.25, 0.3) is 11.1 Å². The molecule has 0 fully saturated rings. The standard InChI is InChI=1S/C12H7BrClNO2/c13-9-5-8(6-10(14)7-9)11-3-1-2-4-12(11)15(16)17/h1-7H. The molecule has 0 heterocycles. The van der Waals surface area contributed by atoms with Crippen LogP contribution in [-0.2, 0) is 0 Å². The molecule has 0 saturated carbocycles. The first-order valence-electron chi connectivity index (χ1n) is 4.78. The second-order valence-electron chi connectivity index (χ2n) is 3.43. The lowest BCUT2D eigenvalue weighted by molar-refractivity contribution is -0.384. The van der Waals surface area contributed by atoms with E-state index in [1.807, 2.05) is 0 Å². The van der Waals surface area contributed by atoms with Crippen LogP contribution in [0.5, 0.6) is 0 Å². The van der Waals surface area contributed by atoms with Gasteiger partial charge in [-0.1, -0.05) is 39.7 Å². The number of rotatable bonds is 2. The lowest BCUT2D eigenvalue weighted by atomic mass is 10.0. The molecule has 0 aromatic heterocycles. The van der Waals surface area contributed by atoms with E-state index in [1.165, 1.54) is 6.07 Å². The molecule has 2 rings (SSSR count). The van der Waals surface area contributed by atoms with Crippen molar-refractivity contribution in [2.75, 3.05) is 0 Å². The van der Waals surface area contributed by atoms with Gasteiger partial charge in [0, 0.05) is 15.6 Å². The van der Waals surface area contributed by atoms with Crippen molar-refractivity contribution in [3.8, 4) is 11.1 Å². The van der Waals surface area contributed by atoms with Crippen LogP contribution >= 0.6 is 27.5 Å². The van der Waals surface area contributed by atoms with Crippen LogP contribution in [0, 0.1) is 10.1 Å². The van der Waals surface area contributed by atoms with Gasteiger partial charge in [-0.15, -0.1) is 0 Å². The molecule has 0 spiro atoms. The number of nitro benzene ring substituents is 1. The predicted molar refractivity (Wildman–Crippen MR) is 71.2 cm³/mol. The van der Waals surface area contributed by atoms with E-state index >= 15 is 0 Å². The van der Waals surface area contributed by atoms with Gasteiger partial charge in [0.1, 0.15) is 0 Å². The Morgan fingerprint density at radius 3 is 2.53 bits per heavy atom. The Kier molecular flexibility index (Phi) is 3.45. The normalized spacial score (nSPS) is 10.2. The molecular weight excluding hydrogens is 305 g/mol. The zero-order valence-corrected chi connectivity index (χ0v) is 10.9. The van der Waals surface area contributed by atoms with E-state index in [2.05, 4.69) is 15.9 Å². The van der Waals surface area contributed by atoms with Crippen molar-refractivity contribution in [1.82, 2.24) is 0 Å². The third-order valence-corrected chi connectivity index (χ3v) is 2.95.